The molecule has 2 rings (SSSR count). The summed E-state index contributed by atoms with van der Waals surface area (Å²) >= 11 is 2.38. The molecule has 1 aliphatic carbocycles. The number of nitrogens with two attached hydrogens (primary N) is 1. The molecule has 1 saturated carbocycles. The van der Waals surface area contributed by atoms with E-state index in [4.69, 9.17) is 15.2 Å². The Morgan fingerprint density at radius 2 is 2.14 bits per heavy atom. The molecule has 6 heteroatoms. The molecule has 0 spiro atoms. The Labute approximate surface area is 183 Å². The minimum Gasteiger partial charge on any atom is -0.469 e. The Morgan fingerprint density at radius 1 is 1.39 bits per heavy atom. The van der Waals surface area contributed by atoms with Crippen LogP contribution in [0.5, 0.6) is 0 Å². The van der Waals surface area contributed by atoms with Crippen LogP contribution in [-0.2, 0) is 14.3 Å². The van der Waals surface area contributed by atoms with E-state index in [-0.39, 0.29) is 22.1 Å². The number of halogens is 1. The van der Waals surface area contributed by atoms with Gasteiger partial charge in [-0.05, 0) is 49.9 Å². The normalized spacial score (nSPS) is 34.5. The Balaban J connectivity index is 1.89. The van der Waals surface area contributed by atoms with Gasteiger partial charge >= 0.3 is 5.97 Å². The smallest absolute Gasteiger partial charge is 0.305 e. The van der Waals surface area contributed by atoms with E-state index in [1.807, 2.05) is 6.08 Å². The first kappa shape index (κ1) is 24.1. The summed E-state index contributed by atoms with van der Waals surface area (Å²) in [4.78, 5) is 11.3. The van der Waals surface area contributed by atoms with Crippen molar-refractivity contribution in [2.45, 2.75) is 93.5 Å². The molecule has 1 heterocycles. The summed E-state index contributed by atoms with van der Waals surface area (Å²) in [5.74, 6) is 1.20. The predicted octanol–water partition coefficient (Wildman–Crippen LogP) is 4.35. The van der Waals surface area contributed by atoms with Gasteiger partial charge in [-0.3, -0.25) is 4.79 Å². The summed E-state index contributed by atoms with van der Waals surface area (Å²) in [6.45, 7) is 4.45. The maximum absolute atomic E-state index is 11.3. The SMILES string of the molecule is CCCCC[C@H](O)/C=C/[C@@H]1[C@H]2CC(N)(C(I)CCCC(=O)OC)O[C@H]2C[C@H]1C. The van der Waals surface area contributed by atoms with E-state index in [0.717, 1.165) is 38.5 Å². The minimum absolute atomic E-state index is 0.167. The van der Waals surface area contributed by atoms with Crippen LogP contribution in [0.4, 0.5) is 0 Å². The number of aliphatic hydroxyl groups is 1. The lowest BCUT2D eigenvalue weighted by Crippen LogP contribution is -2.48. The van der Waals surface area contributed by atoms with Crippen LogP contribution < -0.4 is 5.73 Å². The number of rotatable bonds is 11. The number of carbonyl (C=O) groups excluding carboxylic acids is 1. The second-order valence-corrected chi connectivity index (χ2v) is 10.2. The highest BCUT2D eigenvalue weighted by atomic mass is 127. The van der Waals surface area contributed by atoms with Gasteiger partial charge in [-0.1, -0.05) is 67.9 Å². The molecule has 7 atom stereocenters. The van der Waals surface area contributed by atoms with Gasteiger partial charge in [0.2, 0.25) is 0 Å². The summed E-state index contributed by atoms with van der Waals surface area (Å²) in [5.41, 5.74) is 6.04. The molecule has 2 unspecified atom stereocenters. The number of hydrogen-bond donors (Lipinski definition) is 2. The molecule has 0 amide bonds. The fraction of sp³-hybridized carbons (Fsp3) is 0.864. The van der Waals surface area contributed by atoms with Gasteiger partial charge < -0.3 is 20.3 Å². The van der Waals surface area contributed by atoms with Crippen LogP contribution in [0.15, 0.2) is 12.2 Å². The summed E-state index contributed by atoms with van der Waals surface area (Å²) < 4.78 is 11.2. The molecule has 0 bridgehead atoms. The van der Waals surface area contributed by atoms with Crippen molar-refractivity contribution in [3.63, 3.8) is 0 Å². The summed E-state index contributed by atoms with van der Waals surface area (Å²) in [5, 5.41) is 10.2. The number of methoxy groups -OCH3 is 1. The van der Waals surface area contributed by atoms with Crippen LogP contribution in [0, 0.1) is 17.8 Å². The zero-order valence-electron chi connectivity index (χ0n) is 17.6. The Hall–Kier alpha value is -0.180. The van der Waals surface area contributed by atoms with Crippen LogP contribution in [0.2, 0.25) is 0 Å². The number of hydrogen-bond acceptors (Lipinski definition) is 5. The summed E-state index contributed by atoms with van der Waals surface area (Å²) in [6.07, 6.45) is 12.2. The average molecular weight is 507 g/mol. The highest BCUT2D eigenvalue weighted by molar-refractivity contribution is 14.1. The lowest BCUT2D eigenvalue weighted by molar-refractivity contribution is -0.140. The number of ether oxygens (including phenoxy) is 2. The van der Waals surface area contributed by atoms with Gasteiger partial charge in [-0.25, -0.2) is 0 Å². The van der Waals surface area contributed by atoms with Crippen LogP contribution in [0.1, 0.15) is 71.6 Å². The molecule has 0 radical (unpaired) electrons. The van der Waals surface area contributed by atoms with E-state index in [2.05, 4.69) is 42.5 Å². The van der Waals surface area contributed by atoms with Crippen LogP contribution in [-0.4, -0.2) is 40.0 Å². The van der Waals surface area contributed by atoms with E-state index >= 15 is 0 Å². The number of carbonyl (C=O) groups is 1. The molecule has 0 aromatic rings. The van der Waals surface area contributed by atoms with Crippen LogP contribution >= 0.6 is 22.6 Å². The first-order valence-electron chi connectivity index (χ1n) is 10.8. The minimum atomic E-state index is -0.627. The van der Waals surface area contributed by atoms with E-state index in [1.54, 1.807) is 0 Å². The first-order valence-corrected chi connectivity index (χ1v) is 12.1. The summed E-state index contributed by atoms with van der Waals surface area (Å²) in [6, 6.07) is 0. The Morgan fingerprint density at radius 3 is 2.82 bits per heavy atom. The molecule has 2 fully saturated rings. The molecular weight excluding hydrogens is 469 g/mol. The highest BCUT2D eigenvalue weighted by Crippen LogP contribution is 2.51. The number of aliphatic hydroxyl groups excluding tert-OH is 1. The number of alkyl halides is 1. The average Bonchev–Trinajstić information content (AvgIpc) is 3.12. The monoisotopic (exact) mass is 507 g/mol. The quantitative estimate of drug-likeness (QED) is 0.143. The van der Waals surface area contributed by atoms with Crippen LogP contribution in [0.25, 0.3) is 0 Å². The van der Waals surface area contributed by atoms with Gasteiger partial charge in [-0.2, -0.15) is 0 Å². The largest absolute Gasteiger partial charge is 0.469 e. The zero-order valence-corrected chi connectivity index (χ0v) is 19.8. The third-order valence-corrected chi connectivity index (χ3v) is 8.09. The van der Waals surface area contributed by atoms with E-state index in [0.29, 0.717) is 24.2 Å². The number of unbranched alkanes of at least 4 members (excludes halogenated alkanes) is 2. The molecule has 1 aliphatic heterocycles. The predicted molar refractivity (Wildman–Crippen MR) is 120 cm³/mol. The van der Waals surface area contributed by atoms with Crippen molar-refractivity contribution >= 4 is 28.6 Å². The van der Waals surface area contributed by atoms with Crippen molar-refractivity contribution in [2.75, 3.05) is 7.11 Å². The molecule has 0 aromatic carbocycles. The van der Waals surface area contributed by atoms with Crippen molar-refractivity contribution in [1.29, 1.82) is 0 Å². The number of fused-ring (bicyclic) bond motifs is 1. The fourth-order valence-corrected chi connectivity index (χ4v) is 5.57. The lowest BCUT2D eigenvalue weighted by atomic mass is 9.84. The molecule has 2 aliphatic rings. The third kappa shape index (κ3) is 6.41. The van der Waals surface area contributed by atoms with Gasteiger partial charge in [0.05, 0.1) is 23.2 Å². The van der Waals surface area contributed by atoms with Crippen molar-refractivity contribution in [3.05, 3.63) is 12.2 Å². The molecule has 162 valence electrons. The van der Waals surface area contributed by atoms with Gasteiger partial charge in [0.25, 0.3) is 0 Å². The van der Waals surface area contributed by atoms with E-state index in [9.17, 15) is 9.90 Å². The van der Waals surface area contributed by atoms with Gasteiger partial charge in [0.15, 0.2) is 0 Å². The van der Waals surface area contributed by atoms with E-state index in [1.165, 1.54) is 20.0 Å². The molecule has 5 nitrogen and oxygen atoms in total. The molecular formula is C22H38INO4. The molecule has 0 aromatic heterocycles. The van der Waals surface area contributed by atoms with Crippen molar-refractivity contribution in [1.82, 2.24) is 0 Å². The number of allylic oxidation sites excluding steroid dienone is 1. The zero-order chi connectivity index (χ0) is 20.7. The Bertz CT molecular complexity index is 529. The first-order chi connectivity index (χ1) is 13.3. The van der Waals surface area contributed by atoms with Crippen molar-refractivity contribution in [3.8, 4) is 0 Å². The second kappa shape index (κ2) is 11.3. The van der Waals surface area contributed by atoms with Crippen molar-refractivity contribution in [2.24, 2.45) is 23.5 Å². The summed E-state index contributed by atoms with van der Waals surface area (Å²) in [7, 11) is 1.42. The van der Waals surface area contributed by atoms with E-state index < -0.39 is 5.72 Å². The van der Waals surface area contributed by atoms with Crippen LogP contribution in [0.3, 0.4) is 0 Å². The molecule has 28 heavy (non-hydrogen) atoms. The molecule has 1 saturated heterocycles. The highest BCUT2D eigenvalue weighted by Gasteiger charge is 2.54. The lowest BCUT2D eigenvalue weighted by Gasteiger charge is -2.31. The van der Waals surface area contributed by atoms with Gasteiger partial charge in [0.1, 0.15) is 5.72 Å². The topological polar surface area (TPSA) is 81.8 Å². The third-order valence-electron chi connectivity index (χ3n) is 6.41. The fourth-order valence-electron chi connectivity index (χ4n) is 4.73. The van der Waals surface area contributed by atoms with Gasteiger partial charge in [-0.15, -0.1) is 0 Å². The maximum Gasteiger partial charge on any atom is 0.305 e. The Kier molecular flexibility index (Phi) is 9.70. The number of esters is 1. The molecule has 3 N–H and O–H groups in total. The maximum atomic E-state index is 11.3. The van der Waals surface area contributed by atoms with Gasteiger partial charge in [0, 0.05) is 6.42 Å². The second-order valence-electron chi connectivity index (χ2n) is 8.65. The standard InChI is InChI=1S/C22H38INO4/c1-4-5-6-8-16(25)11-12-17-15(2)13-19-18(17)14-22(24,28-19)20(23)9-7-10-21(26)27-3/h11-12,15-20,25H,4-10,13-14,24H2,1-3H3/b12-11+/t15-,16+,17+,18-,19+,20?,22?/m1/s1. The van der Waals surface area contributed by atoms with Crippen molar-refractivity contribution < 1.29 is 19.4 Å².